The van der Waals surface area contributed by atoms with Crippen LogP contribution in [0, 0.1) is 25.7 Å². The maximum Gasteiger partial charge on any atom is 0.410 e. The molecule has 2 atom stereocenters. The maximum absolute atomic E-state index is 12.9. The molecule has 0 spiro atoms. The van der Waals surface area contributed by atoms with Gasteiger partial charge >= 0.3 is 6.09 Å². The van der Waals surface area contributed by atoms with Gasteiger partial charge in [-0.15, -0.1) is 0 Å². The fraction of sp³-hybridized carbons (Fsp3) is 0.481. The van der Waals surface area contributed by atoms with E-state index in [1.54, 1.807) is 4.90 Å². The average Bonchev–Trinajstić information content (AvgIpc) is 3.60. The fourth-order valence-corrected chi connectivity index (χ4v) is 6.29. The predicted octanol–water partition coefficient (Wildman–Crippen LogP) is 4.31. The van der Waals surface area contributed by atoms with Gasteiger partial charge < -0.3 is 19.9 Å². The third-order valence-corrected chi connectivity index (χ3v) is 8.19. The minimum absolute atomic E-state index is 0.0895. The molecule has 0 radical (unpaired) electrons. The van der Waals surface area contributed by atoms with Crippen molar-refractivity contribution in [3.8, 4) is 0 Å². The van der Waals surface area contributed by atoms with E-state index < -0.39 is 0 Å². The van der Waals surface area contributed by atoms with Crippen molar-refractivity contribution < 1.29 is 14.3 Å². The molecular weight excluding hydrogens is 428 g/mol. The van der Waals surface area contributed by atoms with Crippen LogP contribution in [0.1, 0.15) is 52.9 Å². The van der Waals surface area contributed by atoms with Crippen molar-refractivity contribution in [2.75, 3.05) is 31.6 Å². The number of amides is 2. The fourth-order valence-electron chi connectivity index (χ4n) is 6.29. The van der Waals surface area contributed by atoms with E-state index in [2.05, 4.69) is 29.0 Å². The molecule has 1 aromatic carbocycles. The molecule has 2 aromatic rings. The molecule has 2 saturated heterocycles. The highest BCUT2D eigenvalue weighted by Gasteiger charge is 2.36. The number of nitrogens with zero attached hydrogens (tertiary/aromatic N) is 2. The Bertz CT molecular complexity index is 1180. The Morgan fingerprint density at radius 2 is 1.91 bits per heavy atom. The number of rotatable bonds is 5. The van der Waals surface area contributed by atoms with Crippen molar-refractivity contribution in [1.29, 1.82) is 0 Å². The molecule has 4 aliphatic rings. The van der Waals surface area contributed by atoms with E-state index in [4.69, 9.17) is 4.74 Å². The van der Waals surface area contributed by atoms with Crippen LogP contribution >= 0.6 is 0 Å². The van der Waals surface area contributed by atoms with Crippen molar-refractivity contribution in [2.24, 2.45) is 11.8 Å². The van der Waals surface area contributed by atoms with Crippen LogP contribution in [-0.2, 0) is 22.6 Å². The SMILES string of the molecule is Cc1[nH]c(/C=C2\C(=O)Nc3ccc(CN4CCOC4=O)cc32)c(C)c1CN1C[C@H]2CCC[C@H]2C1. The molecule has 2 amide bonds. The molecule has 1 saturated carbocycles. The molecule has 3 aliphatic heterocycles. The number of carbonyl (C=O) groups excluding carboxylic acids is 2. The quantitative estimate of drug-likeness (QED) is 0.652. The Hall–Kier alpha value is -3.06. The highest BCUT2D eigenvalue weighted by molar-refractivity contribution is 6.34. The predicted molar refractivity (Wildman–Crippen MR) is 131 cm³/mol. The van der Waals surface area contributed by atoms with E-state index >= 15 is 0 Å². The number of carbonyl (C=O) groups is 2. The number of likely N-dealkylation sites (tertiary alicyclic amines) is 1. The van der Waals surface area contributed by atoms with Crippen molar-refractivity contribution in [3.05, 3.63) is 51.8 Å². The first-order chi connectivity index (χ1) is 16.5. The first-order valence-corrected chi connectivity index (χ1v) is 12.4. The Balaban J connectivity index is 1.25. The number of anilines is 1. The number of cyclic esters (lactones) is 1. The second-order valence-electron chi connectivity index (χ2n) is 10.3. The summed E-state index contributed by atoms with van der Waals surface area (Å²) in [5.74, 6) is 1.68. The zero-order chi connectivity index (χ0) is 23.4. The summed E-state index contributed by atoms with van der Waals surface area (Å²) in [4.78, 5) is 32.5. The van der Waals surface area contributed by atoms with Crippen LogP contribution in [0.3, 0.4) is 0 Å². The molecule has 6 rings (SSSR count). The van der Waals surface area contributed by atoms with Gasteiger partial charge in [0.05, 0.1) is 12.1 Å². The standard InChI is InChI=1S/C27H32N4O3/c1-16-23(15-30-13-19-4-3-5-20(19)14-30)17(2)28-25(16)11-22-21-10-18(6-7-24(21)29-26(22)32)12-31-8-9-34-27(31)33/h6-7,10-11,19-20,28H,3-5,8-9,12-15H2,1-2H3,(H,29,32)/b22-11-/t19-,20+. The van der Waals surface area contributed by atoms with Crippen molar-refractivity contribution in [3.63, 3.8) is 0 Å². The van der Waals surface area contributed by atoms with E-state index in [9.17, 15) is 9.59 Å². The number of hydrogen-bond donors (Lipinski definition) is 2. The Labute approximate surface area is 200 Å². The normalized spacial score (nSPS) is 25.2. The summed E-state index contributed by atoms with van der Waals surface area (Å²) in [6.07, 6.45) is 5.88. The van der Waals surface area contributed by atoms with Crippen molar-refractivity contribution >= 4 is 29.3 Å². The number of nitrogens with one attached hydrogen (secondary N) is 2. The van der Waals surface area contributed by atoms with Crippen molar-refractivity contribution in [1.82, 2.24) is 14.8 Å². The smallest absolute Gasteiger partial charge is 0.410 e. The van der Waals surface area contributed by atoms with Crippen LogP contribution in [0.5, 0.6) is 0 Å². The maximum atomic E-state index is 12.9. The van der Waals surface area contributed by atoms with Gasteiger partial charge in [0.2, 0.25) is 0 Å². The minimum Gasteiger partial charge on any atom is -0.448 e. The van der Waals surface area contributed by atoms with Gasteiger partial charge in [-0.05, 0) is 73.4 Å². The summed E-state index contributed by atoms with van der Waals surface area (Å²) in [7, 11) is 0. The van der Waals surface area contributed by atoms with Crippen LogP contribution in [0.4, 0.5) is 10.5 Å². The third-order valence-electron chi connectivity index (χ3n) is 8.19. The van der Waals surface area contributed by atoms with Gasteiger partial charge in [0.15, 0.2) is 0 Å². The molecule has 7 heteroatoms. The summed E-state index contributed by atoms with van der Waals surface area (Å²) in [5, 5.41) is 2.98. The zero-order valence-electron chi connectivity index (χ0n) is 19.9. The van der Waals surface area contributed by atoms with E-state index in [1.165, 1.54) is 49.2 Å². The number of aryl methyl sites for hydroxylation is 1. The van der Waals surface area contributed by atoms with Crippen LogP contribution in [0.2, 0.25) is 0 Å². The third kappa shape index (κ3) is 3.72. The molecule has 0 unspecified atom stereocenters. The molecule has 7 nitrogen and oxygen atoms in total. The molecule has 1 aliphatic carbocycles. The molecule has 0 bridgehead atoms. The number of H-pyrrole nitrogens is 1. The lowest BCUT2D eigenvalue weighted by molar-refractivity contribution is -0.110. The second kappa shape index (κ2) is 8.31. The lowest BCUT2D eigenvalue weighted by Gasteiger charge is -2.17. The Morgan fingerprint density at radius 3 is 2.65 bits per heavy atom. The van der Waals surface area contributed by atoms with Crippen molar-refractivity contribution in [2.45, 2.75) is 46.2 Å². The summed E-state index contributed by atoms with van der Waals surface area (Å²) >= 11 is 0. The second-order valence-corrected chi connectivity index (χ2v) is 10.3. The zero-order valence-corrected chi connectivity index (χ0v) is 19.9. The lowest BCUT2D eigenvalue weighted by atomic mass is 10.0. The number of aromatic nitrogens is 1. The Morgan fingerprint density at radius 1 is 1.12 bits per heavy atom. The van der Waals surface area contributed by atoms with Gasteiger partial charge in [0.1, 0.15) is 6.61 Å². The van der Waals surface area contributed by atoms with Gasteiger partial charge in [-0.3, -0.25) is 9.69 Å². The summed E-state index contributed by atoms with van der Waals surface area (Å²) in [6.45, 7) is 9.21. The van der Waals surface area contributed by atoms with E-state index in [-0.39, 0.29) is 12.0 Å². The highest BCUT2D eigenvalue weighted by Crippen LogP contribution is 2.39. The number of fused-ring (bicyclic) bond motifs is 2. The van der Waals surface area contributed by atoms with Gasteiger partial charge in [-0.25, -0.2) is 4.79 Å². The van der Waals surface area contributed by atoms with E-state index in [0.717, 1.165) is 40.9 Å². The minimum atomic E-state index is -0.280. The molecule has 4 heterocycles. The van der Waals surface area contributed by atoms with Gasteiger partial charge in [0, 0.05) is 48.8 Å². The summed E-state index contributed by atoms with van der Waals surface area (Å²) in [6, 6.07) is 5.90. The lowest BCUT2D eigenvalue weighted by Crippen LogP contribution is -2.23. The van der Waals surface area contributed by atoms with E-state index in [1.807, 2.05) is 24.3 Å². The molecule has 34 heavy (non-hydrogen) atoms. The highest BCUT2D eigenvalue weighted by atomic mass is 16.6. The topological polar surface area (TPSA) is 77.7 Å². The molecule has 2 N–H and O–H groups in total. The average molecular weight is 461 g/mol. The number of ether oxygens (including phenoxy) is 1. The van der Waals surface area contributed by atoms with Crippen LogP contribution in [-0.4, -0.2) is 53.0 Å². The summed E-state index contributed by atoms with van der Waals surface area (Å²) < 4.78 is 5.04. The number of hydrogen-bond acceptors (Lipinski definition) is 4. The first kappa shape index (κ1) is 21.5. The van der Waals surface area contributed by atoms with Crippen LogP contribution in [0.25, 0.3) is 11.6 Å². The van der Waals surface area contributed by atoms with Crippen LogP contribution in [0.15, 0.2) is 18.2 Å². The summed E-state index contributed by atoms with van der Waals surface area (Å²) in [5.41, 5.74) is 8.10. The molecule has 1 aromatic heterocycles. The van der Waals surface area contributed by atoms with Gasteiger partial charge in [-0.2, -0.15) is 0 Å². The van der Waals surface area contributed by atoms with E-state index in [0.29, 0.717) is 25.3 Å². The largest absolute Gasteiger partial charge is 0.448 e. The Kier molecular flexibility index (Phi) is 5.25. The molecular formula is C27H32N4O3. The number of aromatic amines is 1. The van der Waals surface area contributed by atoms with Gasteiger partial charge in [-0.1, -0.05) is 12.5 Å². The van der Waals surface area contributed by atoms with Gasteiger partial charge in [0.25, 0.3) is 5.91 Å². The van der Waals surface area contributed by atoms with Crippen LogP contribution < -0.4 is 5.32 Å². The molecule has 178 valence electrons. The monoisotopic (exact) mass is 460 g/mol. The number of benzene rings is 1. The molecule has 3 fully saturated rings. The first-order valence-electron chi connectivity index (χ1n) is 12.4.